The Hall–Kier alpha value is -3.14. The second-order valence-corrected chi connectivity index (χ2v) is 9.42. The minimum absolute atomic E-state index is 0.0663. The fourth-order valence-corrected chi connectivity index (χ4v) is 5.83. The van der Waals surface area contributed by atoms with Gasteiger partial charge in [-0.3, -0.25) is 9.59 Å². The molecule has 4 nitrogen and oxygen atoms in total. The van der Waals surface area contributed by atoms with E-state index < -0.39 is 0 Å². The van der Waals surface area contributed by atoms with Crippen LogP contribution in [-0.4, -0.2) is 36.3 Å². The van der Waals surface area contributed by atoms with Crippen molar-refractivity contribution in [2.75, 3.05) is 19.6 Å². The average molecular weight is 427 g/mol. The molecule has 1 N–H and O–H groups in total. The van der Waals surface area contributed by atoms with Gasteiger partial charge in [0.2, 0.25) is 11.8 Å². The van der Waals surface area contributed by atoms with Crippen LogP contribution < -0.4 is 5.32 Å². The maximum Gasteiger partial charge on any atom is 0.229 e. The summed E-state index contributed by atoms with van der Waals surface area (Å²) in [5.74, 6) is 0.442. The molecule has 2 aliphatic heterocycles. The van der Waals surface area contributed by atoms with Gasteiger partial charge in [0.1, 0.15) is 0 Å². The van der Waals surface area contributed by atoms with Crippen molar-refractivity contribution in [1.29, 1.82) is 0 Å². The molecule has 0 bridgehead atoms. The maximum absolute atomic E-state index is 13.5. The zero-order valence-electron chi connectivity index (χ0n) is 18.6. The highest BCUT2D eigenvalue weighted by Crippen LogP contribution is 2.49. The molecule has 0 aromatic heterocycles. The lowest BCUT2D eigenvalue weighted by Crippen LogP contribution is -2.53. The van der Waals surface area contributed by atoms with E-state index in [1.807, 2.05) is 36.1 Å². The lowest BCUT2D eigenvalue weighted by atomic mass is 9.62. The molecule has 2 saturated heterocycles. The smallest absolute Gasteiger partial charge is 0.229 e. The van der Waals surface area contributed by atoms with Gasteiger partial charge in [0.25, 0.3) is 0 Å². The number of amides is 2. The zero-order valence-corrected chi connectivity index (χ0v) is 18.6. The Balaban J connectivity index is 1.35. The predicted octanol–water partition coefficient (Wildman–Crippen LogP) is 4.86. The molecule has 5 rings (SSSR count). The van der Waals surface area contributed by atoms with Crippen molar-refractivity contribution >= 4 is 22.6 Å². The zero-order chi connectivity index (χ0) is 22.1. The Morgan fingerprint density at radius 2 is 1.66 bits per heavy atom. The van der Waals surface area contributed by atoms with Crippen molar-refractivity contribution in [2.24, 2.45) is 5.41 Å². The Bertz CT molecular complexity index is 1130. The summed E-state index contributed by atoms with van der Waals surface area (Å²) in [6.07, 6.45) is 2.29. The van der Waals surface area contributed by atoms with Crippen molar-refractivity contribution in [2.45, 2.75) is 38.0 Å². The number of carbonyl (C=O) groups is 2. The Kier molecular flexibility index (Phi) is 5.46. The van der Waals surface area contributed by atoms with Crippen molar-refractivity contribution in [3.8, 4) is 0 Å². The summed E-state index contributed by atoms with van der Waals surface area (Å²) < 4.78 is 0. The van der Waals surface area contributed by atoms with Crippen LogP contribution in [0.3, 0.4) is 0 Å². The van der Waals surface area contributed by atoms with Crippen molar-refractivity contribution in [1.82, 2.24) is 10.2 Å². The van der Waals surface area contributed by atoms with Gasteiger partial charge in [0.05, 0.1) is 5.92 Å². The number of rotatable bonds is 3. The molecule has 1 spiro atoms. The van der Waals surface area contributed by atoms with Gasteiger partial charge in [-0.1, -0.05) is 72.8 Å². The van der Waals surface area contributed by atoms with Gasteiger partial charge in [0, 0.05) is 32.0 Å². The summed E-state index contributed by atoms with van der Waals surface area (Å²) >= 11 is 0. The quantitative estimate of drug-likeness (QED) is 0.651. The first-order valence-corrected chi connectivity index (χ1v) is 11.7. The molecule has 2 fully saturated rings. The SMILES string of the molecule is C[C@@H](C(=O)N1CCC2(CC1)CC(=O)NC[C@H]2c1ccccc1)c1cccc2ccccc12. The number of carbonyl (C=O) groups excluding carboxylic acids is 2. The van der Waals surface area contributed by atoms with Crippen LogP contribution in [0.1, 0.15) is 49.1 Å². The highest BCUT2D eigenvalue weighted by Gasteiger charge is 2.47. The molecule has 3 aromatic rings. The van der Waals surface area contributed by atoms with Crippen molar-refractivity contribution in [3.05, 3.63) is 83.9 Å². The molecule has 0 saturated carbocycles. The molecule has 32 heavy (non-hydrogen) atoms. The van der Waals surface area contributed by atoms with Crippen LogP contribution in [0.4, 0.5) is 0 Å². The number of piperidine rings is 2. The number of likely N-dealkylation sites (tertiary alicyclic amines) is 1. The number of hydrogen-bond donors (Lipinski definition) is 1. The number of nitrogens with one attached hydrogen (secondary N) is 1. The number of fused-ring (bicyclic) bond motifs is 1. The maximum atomic E-state index is 13.5. The van der Waals surface area contributed by atoms with E-state index in [2.05, 4.69) is 53.8 Å². The summed E-state index contributed by atoms with van der Waals surface area (Å²) in [6.45, 7) is 4.13. The molecule has 0 radical (unpaired) electrons. The molecule has 2 amide bonds. The molecule has 164 valence electrons. The van der Waals surface area contributed by atoms with Crippen LogP contribution in [0.2, 0.25) is 0 Å². The highest BCUT2D eigenvalue weighted by atomic mass is 16.2. The molecule has 4 heteroatoms. The van der Waals surface area contributed by atoms with Crippen LogP contribution in [0.15, 0.2) is 72.8 Å². The van der Waals surface area contributed by atoms with Crippen LogP contribution in [0.25, 0.3) is 10.8 Å². The Morgan fingerprint density at radius 1 is 0.969 bits per heavy atom. The van der Waals surface area contributed by atoms with Crippen LogP contribution >= 0.6 is 0 Å². The third kappa shape index (κ3) is 3.68. The Labute approximate surface area is 189 Å². The summed E-state index contributed by atoms with van der Waals surface area (Å²) in [4.78, 5) is 27.9. The lowest BCUT2D eigenvalue weighted by molar-refractivity contribution is -0.136. The largest absolute Gasteiger partial charge is 0.355 e. The second kappa shape index (κ2) is 8.42. The molecular weight excluding hydrogens is 396 g/mol. The van der Waals surface area contributed by atoms with Crippen LogP contribution in [0, 0.1) is 5.41 Å². The monoisotopic (exact) mass is 426 g/mol. The van der Waals surface area contributed by atoms with E-state index in [0.717, 1.165) is 23.8 Å². The fourth-order valence-electron chi connectivity index (χ4n) is 5.83. The number of benzene rings is 3. The third-order valence-corrected chi connectivity index (χ3v) is 7.69. The molecule has 0 unspecified atom stereocenters. The fraction of sp³-hybridized carbons (Fsp3) is 0.357. The predicted molar refractivity (Wildman–Crippen MR) is 127 cm³/mol. The van der Waals surface area contributed by atoms with E-state index >= 15 is 0 Å². The molecule has 2 aliphatic rings. The van der Waals surface area contributed by atoms with E-state index in [1.54, 1.807) is 0 Å². The van der Waals surface area contributed by atoms with Crippen molar-refractivity contribution in [3.63, 3.8) is 0 Å². The van der Waals surface area contributed by atoms with E-state index in [4.69, 9.17) is 0 Å². The molecule has 3 aromatic carbocycles. The summed E-state index contributed by atoms with van der Waals surface area (Å²) in [5, 5.41) is 5.39. The topological polar surface area (TPSA) is 49.4 Å². The van der Waals surface area contributed by atoms with Gasteiger partial charge in [-0.05, 0) is 47.1 Å². The van der Waals surface area contributed by atoms with Gasteiger partial charge in [-0.2, -0.15) is 0 Å². The van der Waals surface area contributed by atoms with Crippen LogP contribution in [0.5, 0.6) is 0 Å². The molecule has 2 atom stereocenters. The minimum atomic E-state index is -0.185. The minimum Gasteiger partial charge on any atom is -0.355 e. The first-order valence-electron chi connectivity index (χ1n) is 11.7. The lowest BCUT2D eigenvalue weighted by Gasteiger charge is -2.49. The summed E-state index contributed by atoms with van der Waals surface area (Å²) in [6, 6.07) is 25.0. The number of nitrogens with zero attached hydrogens (tertiary/aromatic N) is 1. The van der Waals surface area contributed by atoms with E-state index in [0.29, 0.717) is 32.0 Å². The average Bonchev–Trinajstić information content (AvgIpc) is 2.84. The van der Waals surface area contributed by atoms with Crippen LogP contribution in [-0.2, 0) is 9.59 Å². The molecule has 2 heterocycles. The van der Waals surface area contributed by atoms with Gasteiger partial charge >= 0.3 is 0 Å². The van der Waals surface area contributed by atoms with Gasteiger partial charge < -0.3 is 10.2 Å². The first kappa shape index (κ1) is 20.7. The Morgan fingerprint density at radius 3 is 2.44 bits per heavy atom. The van der Waals surface area contributed by atoms with Crippen molar-refractivity contribution < 1.29 is 9.59 Å². The standard InChI is InChI=1S/C28H30N2O2/c1-20(23-13-7-11-21-8-5-6-12-24(21)23)27(32)30-16-14-28(15-17-30)18-26(31)29-19-25(28)22-9-3-2-4-10-22/h2-13,20,25H,14-19H2,1H3,(H,29,31)/t20-,25+/m1/s1. The number of hydrogen-bond acceptors (Lipinski definition) is 2. The molecule has 0 aliphatic carbocycles. The second-order valence-electron chi connectivity index (χ2n) is 9.42. The normalized spacial score (nSPS) is 21.3. The van der Waals surface area contributed by atoms with E-state index in [-0.39, 0.29) is 23.1 Å². The van der Waals surface area contributed by atoms with E-state index in [9.17, 15) is 9.59 Å². The van der Waals surface area contributed by atoms with Gasteiger partial charge in [0.15, 0.2) is 0 Å². The van der Waals surface area contributed by atoms with E-state index in [1.165, 1.54) is 10.9 Å². The van der Waals surface area contributed by atoms with Gasteiger partial charge in [-0.15, -0.1) is 0 Å². The molecular formula is C28H30N2O2. The summed E-state index contributed by atoms with van der Waals surface area (Å²) in [7, 11) is 0. The summed E-state index contributed by atoms with van der Waals surface area (Å²) in [5.41, 5.74) is 2.31. The third-order valence-electron chi connectivity index (χ3n) is 7.69. The van der Waals surface area contributed by atoms with Gasteiger partial charge in [-0.25, -0.2) is 0 Å². The first-order chi connectivity index (χ1) is 15.6. The highest BCUT2D eigenvalue weighted by molar-refractivity contribution is 5.92.